The van der Waals surface area contributed by atoms with Gasteiger partial charge in [0.1, 0.15) is 22.7 Å². The molecule has 8 atom stereocenters. The number of likely N-dealkylation sites (N-methyl/N-ethyl adjacent to an activating group) is 1. The molecule has 0 heterocycles. The average molecular weight is 502 g/mol. The van der Waals surface area contributed by atoms with Gasteiger partial charge in [-0.15, -0.1) is 0 Å². The van der Waals surface area contributed by atoms with Crippen molar-refractivity contribution in [2.24, 2.45) is 23.5 Å². The van der Waals surface area contributed by atoms with E-state index in [0.717, 1.165) is 6.42 Å². The van der Waals surface area contributed by atoms with E-state index in [-0.39, 0.29) is 11.3 Å². The lowest BCUT2D eigenvalue weighted by molar-refractivity contribution is -0.187. The van der Waals surface area contributed by atoms with Crippen LogP contribution in [0.4, 0.5) is 0 Å². The van der Waals surface area contributed by atoms with E-state index >= 15 is 0 Å². The van der Waals surface area contributed by atoms with Crippen molar-refractivity contribution in [2.75, 3.05) is 20.6 Å². The van der Waals surface area contributed by atoms with Crippen LogP contribution in [0.25, 0.3) is 0 Å². The number of aliphatic hydroxyl groups excluding tert-OH is 2. The lowest BCUT2D eigenvalue weighted by Gasteiger charge is -2.60. The summed E-state index contributed by atoms with van der Waals surface area (Å²) in [6.45, 7) is 4.17. The smallest absolute Gasteiger partial charge is 0.255 e. The van der Waals surface area contributed by atoms with Crippen molar-refractivity contribution in [1.82, 2.24) is 10.2 Å². The van der Waals surface area contributed by atoms with Crippen LogP contribution >= 0.6 is 0 Å². The van der Waals surface area contributed by atoms with E-state index in [0.29, 0.717) is 18.5 Å². The highest BCUT2D eigenvalue weighted by molar-refractivity contribution is 6.22. The molecule has 0 saturated heterocycles. The predicted molar refractivity (Wildman–Crippen MR) is 130 cm³/mol. The van der Waals surface area contributed by atoms with Crippen molar-refractivity contribution in [1.29, 1.82) is 0 Å². The Morgan fingerprint density at radius 2 is 1.86 bits per heavy atom. The molecule has 196 valence electrons. The lowest BCUT2D eigenvalue weighted by Crippen LogP contribution is -2.77. The number of aliphatic hydroxyl groups is 3. The maximum Gasteiger partial charge on any atom is 0.255 e. The van der Waals surface area contributed by atoms with Gasteiger partial charge in [-0.2, -0.15) is 0 Å². The highest BCUT2D eigenvalue weighted by Crippen LogP contribution is 2.56. The number of nitrogens with two attached hydrogens (primary N) is 1. The molecule has 1 saturated carbocycles. The number of carbonyl (C=O) groups is 3. The van der Waals surface area contributed by atoms with Crippen LogP contribution in [0.2, 0.25) is 0 Å². The molecule has 1 fully saturated rings. The van der Waals surface area contributed by atoms with Gasteiger partial charge in [0, 0.05) is 17.8 Å². The van der Waals surface area contributed by atoms with Gasteiger partial charge in [0.05, 0.1) is 23.8 Å². The minimum Gasteiger partial charge on any atom is -0.508 e. The number of phenolic OH excluding ortho intramolecular Hbond substituents is 1. The van der Waals surface area contributed by atoms with Crippen LogP contribution in [-0.4, -0.2) is 87.2 Å². The molecule has 0 radical (unpaired) electrons. The molecule has 36 heavy (non-hydrogen) atoms. The van der Waals surface area contributed by atoms with E-state index in [1.165, 1.54) is 11.0 Å². The van der Waals surface area contributed by atoms with Crippen LogP contribution in [0.15, 0.2) is 29.5 Å². The Labute approximate surface area is 209 Å². The zero-order valence-corrected chi connectivity index (χ0v) is 20.9. The number of hydrogen-bond acceptors (Lipinski definition) is 9. The standard InChI is InChI=1S/C26H35N3O7/c1-5-6-10-28-23-16-14(11(2)12-8-7-9-13(30)15(12)20(16)31)21(32)18-19(29(3)4)22(33)17(25(27)35)24(34)26(18,23)36/h7-9,11,14,16,18-19,21,23,28,30,32,34,36H,5-6,10H2,1-4H3,(H2,27,35). The molecule has 0 aromatic heterocycles. The number of nitrogens with zero attached hydrogens (tertiary/aromatic N) is 1. The summed E-state index contributed by atoms with van der Waals surface area (Å²) >= 11 is 0. The van der Waals surface area contributed by atoms with Crippen molar-refractivity contribution in [3.63, 3.8) is 0 Å². The van der Waals surface area contributed by atoms with Gasteiger partial charge >= 0.3 is 0 Å². The number of primary amides is 1. The van der Waals surface area contributed by atoms with Crippen LogP contribution in [-0.2, 0) is 9.59 Å². The highest BCUT2D eigenvalue weighted by atomic mass is 16.3. The molecule has 4 rings (SSSR count). The number of carbonyl (C=O) groups excluding carboxylic acids is 3. The summed E-state index contributed by atoms with van der Waals surface area (Å²) in [4.78, 5) is 41.1. The summed E-state index contributed by atoms with van der Waals surface area (Å²) in [5, 5.41) is 49.1. The quantitative estimate of drug-likeness (QED) is 0.235. The molecule has 3 aliphatic carbocycles. The number of nitrogens with one attached hydrogen (secondary N) is 1. The Balaban J connectivity index is 2.01. The third-order valence-corrected chi connectivity index (χ3v) is 8.38. The second-order valence-electron chi connectivity index (χ2n) is 10.5. The van der Waals surface area contributed by atoms with Gasteiger partial charge in [0.2, 0.25) is 0 Å². The fourth-order valence-corrected chi connectivity index (χ4v) is 6.80. The van der Waals surface area contributed by atoms with Crippen LogP contribution in [0.1, 0.15) is 48.5 Å². The molecule has 0 spiro atoms. The fourth-order valence-electron chi connectivity index (χ4n) is 6.80. The number of fused-ring (bicyclic) bond motifs is 3. The monoisotopic (exact) mass is 501 g/mol. The van der Waals surface area contributed by atoms with Crippen LogP contribution in [0, 0.1) is 17.8 Å². The molecule has 10 nitrogen and oxygen atoms in total. The Kier molecular flexibility index (Phi) is 6.76. The van der Waals surface area contributed by atoms with E-state index in [4.69, 9.17) is 5.73 Å². The van der Waals surface area contributed by atoms with Crippen molar-refractivity contribution >= 4 is 17.5 Å². The number of hydrogen-bond donors (Lipinski definition) is 6. The zero-order valence-electron chi connectivity index (χ0n) is 20.9. The largest absolute Gasteiger partial charge is 0.508 e. The van der Waals surface area contributed by atoms with Gasteiger partial charge in [-0.25, -0.2) is 0 Å². The van der Waals surface area contributed by atoms with Gasteiger partial charge in [-0.3, -0.25) is 19.3 Å². The topological polar surface area (TPSA) is 173 Å². The predicted octanol–water partition coefficient (Wildman–Crippen LogP) is 0.215. The maximum absolute atomic E-state index is 13.9. The summed E-state index contributed by atoms with van der Waals surface area (Å²) in [5.41, 5.74) is 3.05. The normalized spacial score (nSPS) is 35.9. The number of ketones is 2. The molecule has 7 N–H and O–H groups in total. The first-order valence-corrected chi connectivity index (χ1v) is 12.3. The Morgan fingerprint density at radius 3 is 2.44 bits per heavy atom. The van der Waals surface area contributed by atoms with E-state index in [2.05, 4.69) is 5.32 Å². The number of unbranched alkanes of at least 4 members (excludes halogenated alkanes) is 1. The third-order valence-electron chi connectivity index (χ3n) is 8.38. The van der Waals surface area contributed by atoms with Gasteiger partial charge in [0.25, 0.3) is 5.91 Å². The SMILES string of the molecule is CCCCNC1C2C(=O)c3c(O)cccc3C(C)C2C(O)C2C(N(C)C)C(=O)C(C(N)=O)=C(O)C12O. The van der Waals surface area contributed by atoms with Crippen LogP contribution in [0.5, 0.6) is 5.75 Å². The molecule has 0 aliphatic heterocycles. The Hall–Kier alpha value is -2.79. The van der Waals surface area contributed by atoms with E-state index < -0.39 is 76.3 Å². The molecule has 1 aromatic carbocycles. The van der Waals surface area contributed by atoms with Crippen molar-refractivity contribution in [3.05, 3.63) is 40.7 Å². The minimum atomic E-state index is -2.36. The molecular formula is C26H35N3O7. The van der Waals surface area contributed by atoms with Crippen molar-refractivity contribution < 1.29 is 34.8 Å². The number of benzene rings is 1. The Morgan fingerprint density at radius 1 is 1.19 bits per heavy atom. The highest BCUT2D eigenvalue weighted by Gasteiger charge is 2.70. The molecule has 8 unspecified atom stereocenters. The second-order valence-corrected chi connectivity index (χ2v) is 10.5. The van der Waals surface area contributed by atoms with E-state index in [1.54, 1.807) is 26.2 Å². The first-order valence-electron chi connectivity index (χ1n) is 12.3. The molecule has 1 aromatic rings. The van der Waals surface area contributed by atoms with E-state index in [9.17, 15) is 34.8 Å². The van der Waals surface area contributed by atoms with Crippen molar-refractivity contribution in [2.45, 2.75) is 56.4 Å². The summed E-state index contributed by atoms with van der Waals surface area (Å²) in [5.74, 6) is -7.12. The number of Topliss-reactive ketones (excluding diaryl/α,β-unsaturated/α-hetero) is 2. The molecular weight excluding hydrogens is 466 g/mol. The number of aromatic hydroxyl groups is 1. The molecule has 1 amide bonds. The summed E-state index contributed by atoms with van der Waals surface area (Å²) in [7, 11) is 3.15. The van der Waals surface area contributed by atoms with Crippen molar-refractivity contribution in [3.8, 4) is 5.75 Å². The van der Waals surface area contributed by atoms with E-state index in [1.807, 2.05) is 13.8 Å². The third kappa shape index (κ3) is 3.50. The Bertz CT molecular complexity index is 1130. The van der Waals surface area contributed by atoms with Crippen LogP contribution in [0.3, 0.4) is 0 Å². The zero-order chi connectivity index (χ0) is 26.7. The number of rotatable bonds is 6. The first kappa shape index (κ1) is 26.3. The minimum absolute atomic E-state index is 0.109. The van der Waals surface area contributed by atoms with Crippen LogP contribution < -0.4 is 11.1 Å². The maximum atomic E-state index is 13.9. The molecule has 3 aliphatic rings. The first-order chi connectivity index (χ1) is 16.9. The molecule has 10 heteroatoms. The number of phenols is 1. The summed E-state index contributed by atoms with van der Waals surface area (Å²) < 4.78 is 0. The molecule has 0 bridgehead atoms. The van der Waals surface area contributed by atoms with Gasteiger partial charge in [-0.1, -0.05) is 32.4 Å². The fraction of sp³-hybridized carbons (Fsp3) is 0.577. The second kappa shape index (κ2) is 9.26. The summed E-state index contributed by atoms with van der Waals surface area (Å²) in [6, 6.07) is 2.40. The van der Waals surface area contributed by atoms with Gasteiger partial charge < -0.3 is 31.5 Å². The lowest BCUT2D eigenvalue weighted by atomic mass is 9.49. The van der Waals surface area contributed by atoms with Gasteiger partial charge in [0.15, 0.2) is 11.6 Å². The average Bonchev–Trinajstić information content (AvgIpc) is 2.80. The number of amides is 1. The summed E-state index contributed by atoms with van der Waals surface area (Å²) in [6.07, 6.45) is 0.0809. The van der Waals surface area contributed by atoms with Gasteiger partial charge in [-0.05, 0) is 44.6 Å².